The van der Waals surface area contributed by atoms with Crippen molar-refractivity contribution in [3.8, 4) is 0 Å². The van der Waals surface area contributed by atoms with Gasteiger partial charge in [-0.25, -0.2) is 9.97 Å². The Labute approximate surface area is 104 Å². The molecule has 0 saturated carbocycles. The van der Waals surface area contributed by atoms with Crippen molar-refractivity contribution < 1.29 is 4.79 Å². The molecule has 0 amide bonds. The molecule has 2 aromatic heterocycles. The zero-order valence-corrected chi connectivity index (χ0v) is 9.65. The van der Waals surface area contributed by atoms with Crippen LogP contribution in [-0.2, 0) is 6.54 Å². The first kappa shape index (κ1) is 10.7. The van der Waals surface area contributed by atoms with Gasteiger partial charge in [-0.15, -0.1) is 0 Å². The molecule has 0 fully saturated rings. The minimum Gasteiger partial charge on any atom is -0.334 e. The molecule has 0 saturated heterocycles. The first-order chi connectivity index (χ1) is 8.88. The second-order valence-corrected chi connectivity index (χ2v) is 4.08. The van der Waals surface area contributed by atoms with E-state index in [1.165, 1.54) is 6.33 Å². The second-order valence-electron chi connectivity index (χ2n) is 4.08. The molecule has 0 bridgehead atoms. The van der Waals surface area contributed by atoms with Gasteiger partial charge in [-0.3, -0.25) is 4.79 Å². The van der Waals surface area contributed by atoms with Gasteiger partial charge in [-0.1, -0.05) is 18.2 Å². The van der Waals surface area contributed by atoms with Crippen LogP contribution < -0.4 is 0 Å². The van der Waals surface area contributed by atoms with Gasteiger partial charge in [0.15, 0.2) is 6.29 Å². The van der Waals surface area contributed by atoms with Gasteiger partial charge < -0.3 is 4.57 Å². The van der Waals surface area contributed by atoms with Crippen LogP contribution in [0.1, 0.15) is 16.1 Å². The summed E-state index contributed by atoms with van der Waals surface area (Å²) in [4.78, 5) is 19.1. The van der Waals surface area contributed by atoms with Gasteiger partial charge >= 0.3 is 0 Å². The lowest BCUT2D eigenvalue weighted by molar-refractivity contribution is 0.111. The van der Waals surface area contributed by atoms with Crippen LogP contribution >= 0.6 is 0 Å². The van der Waals surface area contributed by atoms with Crippen molar-refractivity contribution in [1.29, 1.82) is 0 Å². The van der Waals surface area contributed by atoms with E-state index >= 15 is 0 Å². The molecule has 2 heterocycles. The largest absolute Gasteiger partial charge is 0.334 e. The molecule has 0 spiro atoms. The summed E-state index contributed by atoms with van der Waals surface area (Å²) in [5.74, 6) is 0. The monoisotopic (exact) mass is 237 g/mol. The van der Waals surface area contributed by atoms with Crippen LogP contribution in [0.3, 0.4) is 0 Å². The van der Waals surface area contributed by atoms with E-state index < -0.39 is 0 Å². The topological polar surface area (TPSA) is 47.8 Å². The molecule has 18 heavy (non-hydrogen) atoms. The zero-order chi connectivity index (χ0) is 12.4. The van der Waals surface area contributed by atoms with Crippen molar-refractivity contribution in [2.75, 3.05) is 0 Å². The molecule has 0 aliphatic carbocycles. The van der Waals surface area contributed by atoms with Gasteiger partial charge in [0.2, 0.25) is 0 Å². The van der Waals surface area contributed by atoms with Crippen molar-refractivity contribution in [1.82, 2.24) is 14.5 Å². The Morgan fingerprint density at radius 2 is 1.94 bits per heavy atom. The van der Waals surface area contributed by atoms with E-state index in [9.17, 15) is 4.79 Å². The lowest BCUT2D eigenvalue weighted by atomic mass is 10.2. The summed E-state index contributed by atoms with van der Waals surface area (Å²) >= 11 is 0. The van der Waals surface area contributed by atoms with Crippen LogP contribution in [0.2, 0.25) is 0 Å². The Kier molecular flexibility index (Phi) is 2.61. The first-order valence-electron chi connectivity index (χ1n) is 5.66. The molecule has 0 N–H and O–H groups in total. The predicted octanol–water partition coefficient (Wildman–Crippen LogP) is 2.29. The Morgan fingerprint density at radius 3 is 2.72 bits per heavy atom. The number of fused-ring (bicyclic) bond motifs is 1. The highest BCUT2D eigenvalue weighted by atomic mass is 16.1. The lowest BCUT2D eigenvalue weighted by Gasteiger charge is -2.06. The number of hydrogen-bond donors (Lipinski definition) is 0. The number of rotatable bonds is 3. The van der Waals surface area contributed by atoms with E-state index in [2.05, 4.69) is 9.97 Å². The maximum absolute atomic E-state index is 11.1. The number of aromatic nitrogens is 3. The third-order valence-corrected chi connectivity index (χ3v) is 2.92. The molecule has 0 atom stereocenters. The molecule has 0 aliphatic heterocycles. The number of benzene rings is 1. The zero-order valence-electron chi connectivity index (χ0n) is 9.65. The molecule has 0 unspecified atom stereocenters. The molecule has 0 aliphatic rings. The summed E-state index contributed by atoms with van der Waals surface area (Å²) in [5.41, 5.74) is 2.69. The van der Waals surface area contributed by atoms with Crippen LogP contribution in [-0.4, -0.2) is 20.8 Å². The highest BCUT2D eigenvalue weighted by Gasteiger charge is 2.08. The van der Waals surface area contributed by atoms with E-state index in [-0.39, 0.29) is 0 Å². The molecule has 4 nitrogen and oxygen atoms in total. The number of hydrogen-bond acceptors (Lipinski definition) is 3. The lowest BCUT2D eigenvalue weighted by Crippen LogP contribution is -2.04. The SMILES string of the molecule is O=Cc1cc2ccccc2n1Cc1cncnc1. The van der Waals surface area contributed by atoms with Gasteiger partial charge in [0.1, 0.15) is 6.33 Å². The molecular weight excluding hydrogens is 226 g/mol. The minimum atomic E-state index is 0.600. The van der Waals surface area contributed by atoms with Crippen molar-refractivity contribution >= 4 is 17.2 Å². The minimum absolute atomic E-state index is 0.600. The maximum atomic E-state index is 11.1. The molecular formula is C14H11N3O. The summed E-state index contributed by atoms with van der Waals surface area (Å²) in [6, 6.07) is 9.83. The van der Waals surface area contributed by atoms with E-state index in [0.29, 0.717) is 12.2 Å². The van der Waals surface area contributed by atoms with Gasteiger partial charge in [-0.05, 0) is 12.1 Å². The first-order valence-corrected chi connectivity index (χ1v) is 5.66. The molecule has 3 aromatic rings. The number of aldehydes is 1. The van der Waals surface area contributed by atoms with Crippen LogP contribution in [0.15, 0.2) is 49.1 Å². The van der Waals surface area contributed by atoms with Crippen molar-refractivity contribution in [3.63, 3.8) is 0 Å². The predicted molar refractivity (Wildman–Crippen MR) is 68.5 cm³/mol. The van der Waals surface area contributed by atoms with Crippen LogP contribution in [0.4, 0.5) is 0 Å². The number of carbonyl (C=O) groups excluding carboxylic acids is 1. The fourth-order valence-electron chi connectivity index (χ4n) is 2.10. The van der Waals surface area contributed by atoms with Gasteiger partial charge in [-0.2, -0.15) is 0 Å². The maximum Gasteiger partial charge on any atom is 0.166 e. The van der Waals surface area contributed by atoms with Crippen LogP contribution in [0.5, 0.6) is 0 Å². The summed E-state index contributed by atoms with van der Waals surface area (Å²) in [7, 11) is 0. The summed E-state index contributed by atoms with van der Waals surface area (Å²) in [5, 5.41) is 1.07. The molecule has 4 heteroatoms. The molecule has 88 valence electrons. The van der Waals surface area contributed by atoms with Crippen LogP contribution in [0.25, 0.3) is 10.9 Å². The third-order valence-electron chi connectivity index (χ3n) is 2.92. The van der Waals surface area contributed by atoms with Gasteiger partial charge in [0, 0.05) is 28.9 Å². The molecule has 3 rings (SSSR count). The number of para-hydroxylation sites is 1. The van der Waals surface area contributed by atoms with E-state index in [4.69, 9.17) is 0 Å². The number of carbonyl (C=O) groups is 1. The van der Waals surface area contributed by atoms with E-state index in [1.54, 1.807) is 12.4 Å². The summed E-state index contributed by atoms with van der Waals surface area (Å²) < 4.78 is 1.97. The fraction of sp³-hybridized carbons (Fsp3) is 0.0714. The Balaban J connectivity index is 2.12. The van der Waals surface area contributed by atoms with E-state index in [0.717, 1.165) is 22.8 Å². The average Bonchev–Trinajstić information content (AvgIpc) is 2.78. The van der Waals surface area contributed by atoms with E-state index in [1.807, 2.05) is 34.9 Å². The normalized spacial score (nSPS) is 10.7. The quantitative estimate of drug-likeness (QED) is 0.657. The Morgan fingerprint density at radius 1 is 1.17 bits per heavy atom. The molecule has 1 aromatic carbocycles. The van der Waals surface area contributed by atoms with Crippen molar-refractivity contribution in [2.24, 2.45) is 0 Å². The highest BCUT2D eigenvalue weighted by Crippen LogP contribution is 2.19. The van der Waals surface area contributed by atoms with Crippen LogP contribution in [0, 0.1) is 0 Å². The van der Waals surface area contributed by atoms with Crippen molar-refractivity contribution in [2.45, 2.75) is 6.54 Å². The second kappa shape index (κ2) is 4.41. The molecule has 0 radical (unpaired) electrons. The summed E-state index contributed by atoms with van der Waals surface area (Å²) in [6.07, 6.45) is 5.90. The Hall–Kier alpha value is -2.49. The van der Waals surface area contributed by atoms with Gasteiger partial charge in [0.05, 0.1) is 12.2 Å². The van der Waals surface area contributed by atoms with Gasteiger partial charge in [0.25, 0.3) is 0 Å². The Bertz CT molecular complexity index is 689. The number of nitrogens with zero attached hydrogens (tertiary/aromatic N) is 3. The third kappa shape index (κ3) is 1.78. The summed E-state index contributed by atoms with van der Waals surface area (Å²) in [6.45, 7) is 0.600. The fourth-order valence-corrected chi connectivity index (χ4v) is 2.10. The standard InChI is InChI=1S/C14H11N3O/c18-9-13-5-12-3-1-2-4-14(12)17(13)8-11-6-15-10-16-7-11/h1-7,9-10H,8H2. The average molecular weight is 237 g/mol. The highest BCUT2D eigenvalue weighted by molar-refractivity contribution is 5.88. The smallest absolute Gasteiger partial charge is 0.166 e. The van der Waals surface area contributed by atoms with Crippen molar-refractivity contribution in [3.05, 3.63) is 60.3 Å².